The number of amides is 1. The molecule has 1 amide bonds. The Morgan fingerprint density at radius 3 is 3.00 bits per heavy atom. The summed E-state index contributed by atoms with van der Waals surface area (Å²) in [5.74, 6) is 0.533. The fraction of sp³-hybridized carbons (Fsp3) is 0.316. The lowest BCUT2D eigenvalue weighted by Gasteiger charge is -2.34. The number of aromatic nitrogens is 3. The van der Waals surface area contributed by atoms with Gasteiger partial charge in [-0.3, -0.25) is 9.48 Å². The second-order valence-corrected chi connectivity index (χ2v) is 6.52. The summed E-state index contributed by atoms with van der Waals surface area (Å²) in [5.41, 5.74) is 3.95. The third-order valence-corrected chi connectivity index (χ3v) is 4.71. The molecule has 1 aliphatic heterocycles. The van der Waals surface area contributed by atoms with Gasteiger partial charge >= 0.3 is 0 Å². The van der Waals surface area contributed by atoms with Crippen LogP contribution in [0.15, 0.2) is 47.2 Å². The van der Waals surface area contributed by atoms with Crippen LogP contribution in [0.25, 0.3) is 0 Å². The van der Waals surface area contributed by atoms with E-state index in [0.717, 1.165) is 12.0 Å². The van der Waals surface area contributed by atoms with E-state index < -0.39 is 0 Å². The Hall–Kier alpha value is -2.89. The van der Waals surface area contributed by atoms with Crippen molar-refractivity contribution in [1.29, 1.82) is 0 Å². The minimum absolute atomic E-state index is 0.0337. The van der Waals surface area contributed by atoms with Crippen molar-refractivity contribution in [3.8, 4) is 0 Å². The highest BCUT2D eigenvalue weighted by molar-refractivity contribution is 5.92. The second kappa shape index (κ2) is 6.20. The summed E-state index contributed by atoms with van der Waals surface area (Å²) in [6.45, 7) is 5.20. The lowest BCUT2D eigenvalue weighted by molar-refractivity contribution is 0.0667. The highest BCUT2D eigenvalue weighted by Crippen LogP contribution is 2.30. The molecule has 0 fully saturated rings. The van der Waals surface area contributed by atoms with Crippen molar-refractivity contribution < 1.29 is 9.32 Å². The predicted molar refractivity (Wildman–Crippen MR) is 92.2 cm³/mol. The van der Waals surface area contributed by atoms with Gasteiger partial charge in [0.05, 0.1) is 12.2 Å². The molecular formula is C19H20N4O2. The summed E-state index contributed by atoms with van der Waals surface area (Å²) >= 11 is 0. The standard InChI is InChI=1S/C19H20N4O2/c1-13-10-20-22(11-13)12-16-9-18(21-25-16)19(24)23-8-7-15-5-3-4-6-17(15)14(23)2/h3-6,9-11,14H,7-8,12H2,1-2H3/t14-/m0/s1. The molecule has 1 aromatic carbocycles. The number of carbonyl (C=O) groups excluding carboxylic acids is 1. The van der Waals surface area contributed by atoms with Gasteiger partial charge in [-0.05, 0) is 37.0 Å². The fourth-order valence-corrected chi connectivity index (χ4v) is 3.40. The van der Waals surface area contributed by atoms with Crippen LogP contribution in [0.3, 0.4) is 0 Å². The van der Waals surface area contributed by atoms with Crippen molar-refractivity contribution in [2.45, 2.75) is 32.9 Å². The van der Waals surface area contributed by atoms with Gasteiger partial charge in [-0.25, -0.2) is 0 Å². The van der Waals surface area contributed by atoms with Crippen molar-refractivity contribution in [2.24, 2.45) is 0 Å². The Bertz CT molecular complexity index is 912. The molecular weight excluding hydrogens is 316 g/mol. The van der Waals surface area contributed by atoms with E-state index in [9.17, 15) is 4.79 Å². The molecule has 0 bridgehead atoms. The van der Waals surface area contributed by atoms with Crippen LogP contribution >= 0.6 is 0 Å². The fourth-order valence-electron chi connectivity index (χ4n) is 3.40. The van der Waals surface area contributed by atoms with Gasteiger partial charge in [0.25, 0.3) is 5.91 Å². The second-order valence-electron chi connectivity index (χ2n) is 6.52. The van der Waals surface area contributed by atoms with Crippen LogP contribution in [0, 0.1) is 6.92 Å². The van der Waals surface area contributed by atoms with Crippen molar-refractivity contribution in [1.82, 2.24) is 19.8 Å². The van der Waals surface area contributed by atoms with E-state index in [-0.39, 0.29) is 11.9 Å². The molecule has 128 valence electrons. The summed E-state index contributed by atoms with van der Waals surface area (Å²) in [6, 6.07) is 10.0. The van der Waals surface area contributed by atoms with Crippen molar-refractivity contribution in [2.75, 3.05) is 6.54 Å². The Morgan fingerprint density at radius 2 is 2.20 bits per heavy atom. The maximum absolute atomic E-state index is 12.9. The van der Waals surface area contributed by atoms with E-state index in [2.05, 4.69) is 29.3 Å². The molecule has 2 aromatic heterocycles. The van der Waals surface area contributed by atoms with Crippen LogP contribution in [0.2, 0.25) is 0 Å². The molecule has 4 rings (SSSR count). The van der Waals surface area contributed by atoms with E-state index in [4.69, 9.17) is 4.52 Å². The van der Waals surface area contributed by atoms with Gasteiger partial charge in [0.2, 0.25) is 0 Å². The summed E-state index contributed by atoms with van der Waals surface area (Å²) in [5, 5.41) is 8.20. The molecule has 0 aliphatic carbocycles. The maximum Gasteiger partial charge on any atom is 0.276 e. The largest absolute Gasteiger partial charge is 0.359 e. The van der Waals surface area contributed by atoms with E-state index >= 15 is 0 Å². The topological polar surface area (TPSA) is 64.2 Å². The highest BCUT2D eigenvalue weighted by atomic mass is 16.5. The van der Waals surface area contributed by atoms with Gasteiger partial charge in [0.15, 0.2) is 11.5 Å². The van der Waals surface area contributed by atoms with Crippen LogP contribution in [0.1, 0.15) is 45.9 Å². The number of fused-ring (bicyclic) bond motifs is 1. The SMILES string of the molecule is Cc1cnn(Cc2cc(C(=O)N3CCc4ccccc4[C@@H]3C)no2)c1. The van der Waals surface area contributed by atoms with E-state index in [1.165, 1.54) is 11.1 Å². The molecule has 1 atom stereocenters. The molecule has 0 unspecified atom stereocenters. The van der Waals surface area contributed by atoms with E-state index in [1.807, 2.05) is 30.2 Å². The van der Waals surface area contributed by atoms with Gasteiger partial charge in [0, 0.05) is 18.8 Å². The van der Waals surface area contributed by atoms with Crippen LogP contribution in [-0.2, 0) is 13.0 Å². The first-order chi connectivity index (χ1) is 12.1. The first-order valence-electron chi connectivity index (χ1n) is 8.45. The van der Waals surface area contributed by atoms with Crippen molar-refractivity contribution in [3.63, 3.8) is 0 Å². The summed E-state index contributed by atoms with van der Waals surface area (Å²) < 4.78 is 7.10. The zero-order valence-electron chi connectivity index (χ0n) is 14.3. The molecule has 6 nitrogen and oxygen atoms in total. The normalized spacial score (nSPS) is 16.7. The zero-order chi connectivity index (χ0) is 17.4. The van der Waals surface area contributed by atoms with Gasteiger partial charge in [0.1, 0.15) is 6.54 Å². The van der Waals surface area contributed by atoms with Gasteiger partial charge in [-0.1, -0.05) is 29.4 Å². The molecule has 0 radical (unpaired) electrons. The first kappa shape index (κ1) is 15.6. The number of benzene rings is 1. The minimum atomic E-state index is -0.0892. The van der Waals surface area contributed by atoms with Crippen molar-refractivity contribution >= 4 is 5.91 Å². The number of hydrogen-bond acceptors (Lipinski definition) is 4. The van der Waals surface area contributed by atoms with Gasteiger partial charge < -0.3 is 9.42 Å². The lowest BCUT2D eigenvalue weighted by Crippen LogP contribution is -2.39. The highest BCUT2D eigenvalue weighted by Gasteiger charge is 2.29. The molecule has 0 N–H and O–H groups in total. The third kappa shape index (κ3) is 2.95. The third-order valence-electron chi connectivity index (χ3n) is 4.71. The van der Waals surface area contributed by atoms with E-state index in [1.54, 1.807) is 16.9 Å². The molecule has 0 saturated carbocycles. The monoisotopic (exact) mass is 336 g/mol. The van der Waals surface area contributed by atoms with Crippen LogP contribution in [0.5, 0.6) is 0 Å². The predicted octanol–water partition coefficient (Wildman–Crippen LogP) is 2.99. The Kier molecular flexibility index (Phi) is 3.87. The molecule has 6 heteroatoms. The molecule has 1 aliphatic rings. The van der Waals surface area contributed by atoms with Crippen LogP contribution < -0.4 is 0 Å². The number of rotatable bonds is 3. The smallest absolute Gasteiger partial charge is 0.276 e. The molecule has 0 saturated heterocycles. The van der Waals surface area contributed by atoms with Gasteiger partial charge in [-0.2, -0.15) is 5.10 Å². The quantitative estimate of drug-likeness (QED) is 0.737. The minimum Gasteiger partial charge on any atom is -0.359 e. The average Bonchev–Trinajstić information content (AvgIpc) is 3.24. The number of hydrogen-bond donors (Lipinski definition) is 0. The van der Waals surface area contributed by atoms with Gasteiger partial charge in [-0.15, -0.1) is 0 Å². The van der Waals surface area contributed by atoms with Crippen LogP contribution in [0.4, 0.5) is 0 Å². The Balaban J connectivity index is 1.52. The Morgan fingerprint density at radius 1 is 1.36 bits per heavy atom. The van der Waals surface area contributed by atoms with Crippen LogP contribution in [-0.4, -0.2) is 32.3 Å². The first-order valence-corrected chi connectivity index (χ1v) is 8.45. The summed E-state index contributed by atoms with van der Waals surface area (Å²) in [7, 11) is 0. The van der Waals surface area contributed by atoms with Crippen molar-refractivity contribution in [3.05, 3.63) is 70.9 Å². The zero-order valence-corrected chi connectivity index (χ0v) is 14.3. The molecule has 25 heavy (non-hydrogen) atoms. The maximum atomic E-state index is 12.9. The Labute approximate surface area is 146 Å². The number of aryl methyl sites for hydroxylation is 1. The number of carbonyl (C=O) groups is 1. The number of nitrogens with zero attached hydrogens (tertiary/aromatic N) is 4. The molecule has 3 heterocycles. The molecule has 3 aromatic rings. The summed E-state index contributed by atoms with van der Waals surface area (Å²) in [6.07, 6.45) is 4.58. The average molecular weight is 336 g/mol. The lowest BCUT2D eigenvalue weighted by atomic mass is 9.93. The van der Waals surface area contributed by atoms with E-state index in [0.29, 0.717) is 24.5 Å². The summed E-state index contributed by atoms with van der Waals surface area (Å²) in [4.78, 5) is 14.7. The molecule has 0 spiro atoms.